The molecule has 3 heteroatoms. The number of nitroso groups, excluding NO2 is 1. The van der Waals surface area contributed by atoms with E-state index in [0.29, 0.717) is 0 Å². The normalized spacial score (nSPS) is 12.5. The number of hydrogen-bond donors (Lipinski definition) is 1. The molecule has 0 N–H and O–H groups in total. The molecule has 0 bridgehead atoms. The van der Waals surface area contributed by atoms with Gasteiger partial charge in [-0.2, -0.15) is 4.91 Å². The topological polar surface area (TPSA) is 29.4 Å². The molecule has 0 radical (unpaired) electrons. The predicted octanol–water partition coefficient (Wildman–Crippen LogP) is 2.80. The maximum Gasteiger partial charge on any atom is 0.115 e. The highest BCUT2D eigenvalue weighted by molar-refractivity contribution is 7.80. The van der Waals surface area contributed by atoms with Gasteiger partial charge in [-0.25, -0.2) is 0 Å². The summed E-state index contributed by atoms with van der Waals surface area (Å²) in [7, 11) is 0. The molecule has 1 aromatic carbocycles. The summed E-state index contributed by atoms with van der Waals surface area (Å²) in [5, 5.41) is 2.92. The molecule has 0 aliphatic carbocycles. The van der Waals surface area contributed by atoms with Crippen LogP contribution in [0.15, 0.2) is 34.3 Å². The van der Waals surface area contributed by atoms with Gasteiger partial charge in [-0.1, -0.05) is 23.4 Å². The van der Waals surface area contributed by atoms with Crippen molar-refractivity contribution in [2.45, 2.75) is 17.9 Å². The van der Waals surface area contributed by atoms with Gasteiger partial charge in [0.15, 0.2) is 0 Å². The summed E-state index contributed by atoms with van der Waals surface area (Å²) < 4.78 is 0. The molecule has 1 atom stereocenters. The quantitative estimate of drug-likeness (QED) is 0.532. The van der Waals surface area contributed by atoms with E-state index in [1.165, 1.54) is 0 Å². The van der Waals surface area contributed by atoms with Crippen LogP contribution in [0.4, 0.5) is 0 Å². The summed E-state index contributed by atoms with van der Waals surface area (Å²) in [5.74, 6) is 0. The second-order valence-electron chi connectivity index (χ2n) is 2.34. The molecule has 58 valence electrons. The second kappa shape index (κ2) is 3.53. The van der Waals surface area contributed by atoms with Gasteiger partial charge in [0.2, 0.25) is 0 Å². The van der Waals surface area contributed by atoms with E-state index in [1.807, 2.05) is 24.3 Å². The number of rotatable bonds is 2. The lowest BCUT2D eigenvalue weighted by Gasteiger charge is -2.04. The number of nitrogens with zero attached hydrogens (tertiary/aromatic N) is 1. The van der Waals surface area contributed by atoms with Crippen LogP contribution in [-0.4, -0.2) is 0 Å². The molecule has 1 unspecified atom stereocenters. The summed E-state index contributed by atoms with van der Waals surface area (Å²) in [6, 6.07) is 7.15. The van der Waals surface area contributed by atoms with Gasteiger partial charge in [0.1, 0.15) is 6.04 Å². The van der Waals surface area contributed by atoms with E-state index in [0.717, 1.165) is 10.5 Å². The minimum absolute atomic E-state index is 0.302. The van der Waals surface area contributed by atoms with Crippen molar-refractivity contribution in [3.05, 3.63) is 34.7 Å². The molecule has 0 heterocycles. The first kappa shape index (κ1) is 8.27. The first-order chi connectivity index (χ1) is 5.25. The molecule has 0 aliphatic rings. The van der Waals surface area contributed by atoms with Crippen molar-refractivity contribution in [3.8, 4) is 0 Å². The van der Waals surface area contributed by atoms with Crippen LogP contribution in [0.1, 0.15) is 18.5 Å². The molecule has 0 aromatic heterocycles. The molecule has 2 nitrogen and oxygen atoms in total. The van der Waals surface area contributed by atoms with Crippen molar-refractivity contribution in [2.75, 3.05) is 0 Å². The first-order valence-electron chi connectivity index (χ1n) is 3.36. The summed E-state index contributed by atoms with van der Waals surface area (Å²) in [6.07, 6.45) is 0. The van der Waals surface area contributed by atoms with Crippen LogP contribution in [0.5, 0.6) is 0 Å². The monoisotopic (exact) mass is 167 g/mol. The van der Waals surface area contributed by atoms with Gasteiger partial charge in [-0.3, -0.25) is 0 Å². The Balaban J connectivity index is 3.02. The lowest BCUT2D eigenvalue weighted by molar-refractivity contribution is 0.792. The standard InChI is InChI=1S/C8H9NOS/c1-6(9-10)7-4-2-3-5-8(7)11/h2-6,11H,1H3. The van der Waals surface area contributed by atoms with E-state index in [9.17, 15) is 4.91 Å². The molecular formula is C8H9NOS. The second-order valence-corrected chi connectivity index (χ2v) is 2.82. The van der Waals surface area contributed by atoms with E-state index in [-0.39, 0.29) is 6.04 Å². The highest BCUT2D eigenvalue weighted by atomic mass is 32.1. The SMILES string of the molecule is CC(N=O)c1ccccc1S. The number of thiol groups is 1. The van der Waals surface area contributed by atoms with Gasteiger partial charge in [-0.05, 0) is 18.6 Å². The van der Waals surface area contributed by atoms with Crippen LogP contribution in [0.2, 0.25) is 0 Å². The van der Waals surface area contributed by atoms with E-state index < -0.39 is 0 Å². The van der Waals surface area contributed by atoms with Crippen molar-refractivity contribution in [1.29, 1.82) is 0 Å². The highest BCUT2D eigenvalue weighted by Gasteiger charge is 2.06. The maximum atomic E-state index is 10.2. The third kappa shape index (κ3) is 1.80. The maximum absolute atomic E-state index is 10.2. The fourth-order valence-corrected chi connectivity index (χ4v) is 1.25. The van der Waals surface area contributed by atoms with Gasteiger partial charge < -0.3 is 0 Å². The van der Waals surface area contributed by atoms with Crippen molar-refractivity contribution < 1.29 is 0 Å². The average Bonchev–Trinajstić information content (AvgIpc) is 2.04. The lowest BCUT2D eigenvalue weighted by Crippen LogP contribution is -1.88. The third-order valence-electron chi connectivity index (χ3n) is 1.54. The van der Waals surface area contributed by atoms with E-state index in [2.05, 4.69) is 17.8 Å². The van der Waals surface area contributed by atoms with Crippen molar-refractivity contribution >= 4 is 12.6 Å². The third-order valence-corrected chi connectivity index (χ3v) is 1.95. The Hall–Kier alpha value is -0.830. The molecule has 0 fully saturated rings. The number of benzene rings is 1. The van der Waals surface area contributed by atoms with E-state index >= 15 is 0 Å². The Bertz CT molecular complexity index is 262. The lowest BCUT2D eigenvalue weighted by atomic mass is 10.1. The minimum atomic E-state index is -0.302. The molecule has 0 amide bonds. The van der Waals surface area contributed by atoms with E-state index in [1.54, 1.807) is 6.92 Å². The van der Waals surface area contributed by atoms with Gasteiger partial charge >= 0.3 is 0 Å². The molecule has 0 saturated carbocycles. The van der Waals surface area contributed by atoms with Gasteiger partial charge in [-0.15, -0.1) is 12.6 Å². The average molecular weight is 167 g/mol. The summed E-state index contributed by atoms with van der Waals surface area (Å²) in [5.41, 5.74) is 0.880. The Morgan fingerprint density at radius 1 is 1.45 bits per heavy atom. The van der Waals surface area contributed by atoms with Gasteiger partial charge in [0, 0.05) is 4.90 Å². The van der Waals surface area contributed by atoms with Crippen LogP contribution >= 0.6 is 12.6 Å². The molecular weight excluding hydrogens is 158 g/mol. The molecule has 1 rings (SSSR count). The molecule has 11 heavy (non-hydrogen) atoms. The minimum Gasteiger partial charge on any atom is -0.150 e. The zero-order chi connectivity index (χ0) is 8.27. The zero-order valence-corrected chi connectivity index (χ0v) is 7.08. The summed E-state index contributed by atoms with van der Waals surface area (Å²) in [6.45, 7) is 1.75. The predicted molar refractivity (Wildman–Crippen MR) is 47.9 cm³/mol. The molecule has 0 spiro atoms. The first-order valence-corrected chi connectivity index (χ1v) is 3.80. The Kier molecular flexibility index (Phi) is 2.65. The smallest absolute Gasteiger partial charge is 0.115 e. The Morgan fingerprint density at radius 2 is 2.09 bits per heavy atom. The van der Waals surface area contributed by atoms with Crippen LogP contribution in [0, 0.1) is 4.91 Å². The van der Waals surface area contributed by atoms with Crippen LogP contribution in [-0.2, 0) is 0 Å². The highest BCUT2D eigenvalue weighted by Crippen LogP contribution is 2.22. The molecule has 0 aliphatic heterocycles. The molecule has 1 aromatic rings. The fourth-order valence-electron chi connectivity index (χ4n) is 0.898. The van der Waals surface area contributed by atoms with Crippen molar-refractivity contribution in [2.24, 2.45) is 5.18 Å². The van der Waals surface area contributed by atoms with Crippen LogP contribution in [0.25, 0.3) is 0 Å². The van der Waals surface area contributed by atoms with E-state index in [4.69, 9.17) is 0 Å². The van der Waals surface area contributed by atoms with Gasteiger partial charge in [0.05, 0.1) is 0 Å². The Morgan fingerprint density at radius 3 is 2.64 bits per heavy atom. The Labute approximate surface area is 71.0 Å². The molecule has 0 saturated heterocycles. The summed E-state index contributed by atoms with van der Waals surface area (Å²) in [4.78, 5) is 11.0. The van der Waals surface area contributed by atoms with Crippen LogP contribution < -0.4 is 0 Å². The summed E-state index contributed by atoms with van der Waals surface area (Å²) >= 11 is 4.19. The van der Waals surface area contributed by atoms with Crippen molar-refractivity contribution in [1.82, 2.24) is 0 Å². The largest absolute Gasteiger partial charge is 0.150 e. The van der Waals surface area contributed by atoms with Gasteiger partial charge in [0.25, 0.3) is 0 Å². The van der Waals surface area contributed by atoms with Crippen molar-refractivity contribution in [3.63, 3.8) is 0 Å². The number of hydrogen-bond acceptors (Lipinski definition) is 3. The van der Waals surface area contributed by atoms with Crippen LogP contribution in [0.3, 0.4) is 0 Å². The zero-order valence-electron chi connectivity index (χ0n) is 6.19. The fraction of sp³-hybridized carbons (Fsp3) is 0.250.